The fourth-order valence-corrected chi connectivity index (χ4v) is 3.40. The van der Waals surface area contributed by atoms with Gasteiger partial charge in [-0.05, 0) is 16.5 Å². The summed E-state index contributed by atoms with van der Waals surface area (Å²) >= 11 is 1.61. The lowest BCUT2D eigenvalue weighted by atomic mass is 10.1. The van der Waals surface area contributed by atoms with Gasteiger partial charge in [0.25, 0.3) is 0 Å². The molecule has 22 heavy (non-hydrogen) atoms. The van der Waals surface area contributed by atoms with Crippen molar-refractivity contribution in [1.82, 2.24) is 0 Å². The summed E-state index contributed by atoms with van der Waals surface area (Å²) in [4.78, 5) is 11.1. The molecule has 2 N–H and O–H groups in total. The first-order valence-corrected chi connectivity index (χ1v) is 8.02. The van der Waals surface area contributed by atoms with E-state index in [0.29, 0.717) is 6.54 Å². The minimum atomic E-state index is 0.639. The van der Waals surface area contributed by atoms with Gasteiger partial charge >= 0.3 is 0 Å². The summed E-state index contributed by atoms with van der Waals surface area (Å²) in [6.45, 7) is 1.47. The Morgan fingerprint density at radius 3 is 2.64 bits per heavy atom. The topological polar surface area (TPSA) is 47.0 Å². The molecule has 0 saturated carbocycles. The Morgan fingerprint density at radius 2 is 1.91 bits per heavy atom. The van der Waals surface area contributed by atoms with Crippen LogP contribution in [0.3, 0.4) is 0 Å². The Labute approximate surface area is 133 Å². The number of fused-ring (bicyclic) bond motifs is 1. The molecule has 0 saturated heterocycles. The van der Waals surface area contributed by atoms with Gasteiger partial charge < -0.3 is 5.73 Å². The van der Waals surface area contributed by atoms with Crippen LogP contribution < -0.4 is 10.3 Å². The first-order chi connectivity index (χ1) is 10.8. The molecular formula is C18H17N2OS+. The number of carbonyl (C=O) groups excluding carboxylic acids is 1. The van der Waals surface area contributed by atoms with Crippen molar-refractivity contribution in [2.24, 2.45) is 5.73 Å². The van der Waals surface area contributed by atoms with E-state index in [9.17, 15) is 4.79 Å². The van der Waals surface area contributed by atoms with Gasteiger partial charge in [0.15, 0.2) is 25.2 Å². The lowest BCUT2D eigenvalue weighted by molar-refractivity contribution is -0.694. The van der Waals surface area contributed by atoms with E-state index >= 15 is 0 Å². The maximum absolute atomic E-state index is 11.1. The molecule has 0 fully saturated rings. The first-order valence-electron chi connectivity index (χ1n) is 7.14. The van der Waals surface area contributed by atoms with Crippen LogP contribution in [-0.2, 0) is 6.54 Å². The van der Waals surface area contributed by atoms with Gasteiger partial charge in [-0.2, -0.15) is 0 Å². The number of aromatic nitrogens is 1. The number of benzene rings is 1. The van der Waals surface area contributed by atoms with Crippen molar-refractivity contribution in [3.63, 3.8) is 0 Å². The number of hydrogen-bond acceptors (Lipinski definition) is 3. The number of nitrogens with zero attached hydrogens (tertiary/aromatic N) is 1. The van der Waals surface area contributed by atoms with Crippen LogP contribution in [0, 0.1) is 0 Å². The highest BCUT2D eigenvalue weighted by molar-refractivity contribution is 7.17. The number of thiophene rings is 1. The SMILES string of the molecule is NCC[n+]1ccc(/C=C/c2csc3c(C=O)cccc23)cc1. The third-order valence-electron chi connectivity index (χ3n) is 3.55. The molecule has 0 unspecified atom stereocenters. The average Bonchev–Trinajstić information content (AvgIpc) is 2.98. The van der Waals surface area contributed by atoms with Crippen molar-refractivity contribution in [2.75, 3.05) is 6.54 Å². The zero-order valence-corrected chi connectivity index (χ0v) is 12.9. The first kappa shape index (κ1) is 14.6. The largest absolute Gasteiger partial charge is 0.325 e. The average molecular weight is 309 g/mol. The molecule has 4 heteroatoms. The van der Waals surface area contributed by atoms with E-state index in [1.165, 1.54) is 0 Å². The van der Waals surface area contributed by atoms with Crippen LogP contribution in [0.1, 0.15) is 21.5 Å². The second-order valence-electron chi connectivity index (χ2n) is 5.02. The van der Waals surface area contributed by atoms with E-state index in [1.807, 2.05) is 24.5 Å². The minimum Gasteiger partial charge on any atom is -0.325 e. The van der Waals surface area contributed by atoms with E-state index in [4.69, 9.17) is 5.73 Å². The molecule has 0 aliphatic rings. The standard InChI is InChI=1S/C18H17N2OS/c19-8-11-20-9-6-14(7-10-20)4-5-16-13-22-18-15(12-21)2-1-3-17(16)18/h1-7,9-10,12-13H,8,11,19H2/q+1/b5-4+. The van der Waals surface area contributed by atoms with Gasteiger partial charge in [-0.3, -0.25) is 4.79 Å². The molecular weight excluding hydrogens is 292 g/mol. The zero-order chi connectivity index (χ0) is 15.4. The van der Waals surface area contributed by atoms with Gasteiger partial charge in [0.05, 0.1) is 6.54 Å². The molecule has 3 rings (SSSR count). The fourth-order valence-electron chi connectivity index (χ4n) is 2.39. The van der Waals surface area contributed by atoms with Gasteiger partial charge in [-0.1, -0.05) is 30.4 Å². The number of pyridine rings is 1. The fraction of sp³-hybridized carbons (Fsp3) is 0.111. The molecule has 0 radical (unpaired) electrons. The van der Waals surface area contributed by atoms with Crippen LogP contribution in [0.15, 0.2) is 48.1 Å². The van der Waals surface area contributed by atoms with Crippen molar-refractivity contribution in [2.45, 2.75) is 6.54 Å². The maximum atomic E-state index is 11.1. The van der Waals surface area contributed by atoms with Crippen molar-refractivity contribution >= 4 is 39.9 Å². The molecule has 0 bridgehead atoms. The van der Waals surface area contributed by atoms with E-state index in [-0.39, 0.29) is 0 Å². The Morgan fingerprint density at radius 1 is 1.09 bits per heavy atom. The van der Waals surface area contributed by atoms with E-state index < -0.39 is 0 Å². The Balaban J connectivity index is 1.87. The van der Waals surface area contributed by atoms with Crippen molar-refractivity contribution < 1.29 is 9.36 Å². The Hall–Kier alpha value is -2.30. The molecule has 2 aromatic heterocycles. The predicted molar refractivity (Wildman–Crippen MR) is 91.8 cm³/mol. The summed E-state index contributed by atoms with van der Waals surface area (Å²) in [7, 11) is 0. The molecule has 0 aliphatic carbocycles. The molecule has 110 valence electrons. The number of carbonyl (C=O) groups is 1. The molecule has 3 aromatic rings. The van der Waals surface area contributed by atoms with Crippen molar-refractivity contribution in [3.05, 3.63) is 64.8 Å². The quantitative estimate of drug-likeness (QED) is 0.581. The smallest absolute Gasteiger partial charge is 0.169 e. The maximum Gasteiger partial charge on any atom is 0.169 e. The van der Waals surface area contributed by atoms with Crippen molar-refractivity contribution in [3.8, 4) is 0 Å². The summed E-state index contributed by atoms with van der Waals surface area (Å²) in [5, 5.41) is 3.21. The van der Waals surface area contributed by atoms with E-state index in [1.54, 1.807) is 11.3 Å². The summed E-state index contributed by atoms with van der Waals surface area (Å²) < 4.78 is 3.11. The second kappa shape index (κ2) is 6.64. The highest BCUT2D eigenvalue weighted by Crippen LogP contribution is 2.29. The predicted octanol–water partition coefficient (Wildman–Crippen LogP) is 3.13. The Kier molecular flexibility index (Phi) is 4.42. The highest BCUT2D eigenvalue weighted by Gasteiger charge is 2.05. The third kappa shape index (κ3) is 2.98. The summed E-state index contributed by atoms with van der Waals surface area (Å²) in [6, 6.07) is 9.97. The van der Waals surface area contributed by atoms with Crippen LogP contribution in [0.5, 0.6) is 0 Å². The van der Waals surface area contributed by atoms with Crippen LogP contribution in [0.4, 0.5) is 0 Å². The highest BCUT2D eigenvalue weighted by atomic mass is 32.1. The van der Waals surface area contributed by atoms with Crippen LogP contribution in [-0.4, -0.2) is 12.8 Å². The molecule has 0 aliphatic heterocycles. The van der Waals surface area contributed by atoms with E-state index in [2.05, 4.69) is 40.3 Å². The van der Waals surface area contributed by atoms with Gasteiger partial charge in [-0.25, -0.2) is 4.57 Å². The second-order valence-corrected chi connectivity index (χ2v) is 5.90. The summed E-state index contributed by atoms with van der Waals surface area (Å²) in [5.41, 5.74) is 8.57. The Bertz CT molecular complexity index is 819. The summed E-state index contributed by atoms with van der Waals surface area (Å²) in [6.07, 6.45) is 9.16. The number of hydrogen-bond donors (Lipinski definition) is 1. The minimum absolute atomic E-state index is 0.639. The molecule has 0 spiro atoms. The van der Waals surface area contributed by atoms with Gasteiger partial charge in [0, 0.05) is 27.8 Å². The number of rotatable bonds is 5. The molecule has 0 atom stereocenters. The van der Waals surface area contributed by atoms with Gasteiger partial charge in [0.1, 0.15) is 0 Å². The summed E-state index contributed by atoms with van der Waals surface area (Å²) in [5.74, 6) is 0. The molecule has 3 nitrogen and oxygen atoms in total. The van der Waals surface area contributed by atoms with Crippen molar-refractivity contribution in [1.29, 1.82) is 0 Å². The van der Waals surface area contributed by atoms with Crippen LogP contribution in [0.25, 0.3) is 22.2 Å². The lowest BCUT2D eigenvalue weighted by Gasteiger charge is -1.96. The van der Waals surface area contributed by atoms with Gasteiger partial charge in [-0.15, -0.1) is 11.3 Å². The normalized spacial score (nSPS) is 11.3. The number of aldehydes is 1. The van der Waals surface area contributed by atoms with Crippen LogP contribution >= 0.6 is 11.3 Å². The third-order valence-corrected chi connectivity index (χ3v) is 4.61. The zero-order valence-electron chi connectivity index (χ0n) is 12.1. The number of nitrogens with two attached hydrogens (primary N) is 1. The molecule has 1 aromatic carbocycles. The molecule has 0 amide bonds. The van der Waals surface area contributed by atoms with Crippen LogP contribution in [0.2, 0.25) is 0 Å². The lowest BCUT2D eigenvalue weighted by Crippen LogP contribution is -2.36. The van der Waals surface area contributed by atoms with E-state index in [0.717, 1.165) is 39.6 Å². The monoisotopic (exact) mass is 309 g/mol. The molecule has 2 heterocycles. The van der Waals surface area contributed by atoms with Gasteiger partial charge in [0.2, 0.25) is 0 Å².